The molecule has 3 rings (SSSR count). The summed E-state index contributed by atoms with van der Waals surface area (Å²) in [5, 5.41) is 1.02. The van der Waals surface area contributed by atoms with Crippen LogP contribution in [0.15, 0.2) is 12.4 Å². The summed E-state index contributed by atoms with van der Waals surface area (Å²) in [6, 6.07) is 0.0641. The van der Waals surface area contributed by atoms with Gasteiger partial charge in [0.2, 0.25) is 5.91 Å². The van der Waals surface area contributed by atoms with E-state index in [1.165, 1.54) is 0 Å². The van der Waals surface area contributed by atoms with Crippen molar-refractivity contribution >= 4 is 17.2 Å². The van der Waals surface area contributed by atoms with Crippen LogP contribution in [0.5, 0.6) is 0 Å². The van der Waals surface area contributed by atoms with Gasteiger partial charge in [-0.25, -0.2) is 4.98 Å². The lowest BCUT2D eigenvalue weighted by Crippen LogP contribution is -2.32. The topological polar surface area (TPSA) is 59.0 Å². The lowest BCUT2D eigenvalue weighted by molar-refractivity contribution is -0.131. The van der Waals surface area contributed by atoms with Crippen LogP contribution < -0.4 is 0 Å². The minimum Gasteiger partial charge on any atom is -0.334 e. The van der Waals surface area contributed by atoms with Gasteiger partial charge < -0.3 is 4.90 Å². The zero-order valence-electron chi connectivity index (χ0n) is 13.2. The molecule has 0 aliphatic carbocycles. The first kappa shape index (κ1) is 15.1. The summed E-state index contributed by atoms with van der Waals surface area (Å²) in [6.07, 6.45) is 5.95. The molecule has 1 aliphatic rings. The van der Waals surface area contributed by atoms with E-state index in [1.54, 1.807) is 23.7 Å². The maximum Gasteiger partial charge on any atom is 0.228 e. The molecule has 2 aromatic rings. The van der Waals surface area contributed by atoms with Gasteiger partial charge in [-0.05, 0) is 33.6 Å². The van der Waals surface area contributed by atoms with Crippen LogP contribution in [-0.4, -0.2) is 32.3 Å². The Bertz CT molecular complexity index is 697. The van der Waals surface area contributed by atoms with E-state index in [9.17, 15) is 4.79 Å². The fourth-order valence-corrected chi connectivity index (χ4v) is 3.92. The molecule has 1 atom stereocenters. The molecule has 1 fully saturated rings. The number of rotatable bonds is 3. The largest absolute Gasteiger partial charge is 0.334 e. The fraction of sp³-hybridized carbons (Fsp3) is 0.500. The summed E-state index contributed by atoms with van der Waals surface area (Å²) in [5.41, 5.74) is 2.77. The number of hydrogen-bond donors (Lipinski definition) is 0. The standard InChI is InChI=1S/C16H20N4OS/c1-10-8-17-9-13(18-10)14-5-4-6-20(14)16(21)7-15-11(2)19-12(3)22-15/h8-9,14H,4-7H2,1-3H3/t14-/m0/s1. The molecule has 1 saturated heterocycles. The third-order valence-electron chi connectivity index (χ3n) is 4.00. The first-order chi connectivity index (χ1) is 10.5. The summed E-state index contributed by atoms with van der Waals surface area (Å²) in [6.45, 7) is 6.68. The Labute approximate surface area is 134 Å². The second-order valence-electron chi connectivity index (χ2n) is 5.75. The number of hydrogen-bond acceptors (Lipinski definition) is 5. The smallest absolute Gasteiger partial charge is 0.228 e. The van der Waals surface area contributed by atoms with Crippen molar-refractivity contribution in [1.82, 2.24) is 19.9 Å². The van der Waals surface area contributed by atoms with Gasteiger partial charge in [0.1, 0.15) is 0 Å². The van der Waals surface area contributed by atoms with Gasteiger partial charge in [-0.1, -0.05) is 0 Å². The summed E-state index contributed by atoms with van der Waals surface area (Å²) in [7, 11) is 0. The van der Waals surface area contributed by atoms with Crippen LogP contribution in [0.2, 0.25) is 0 Å². The lowest BCUT2D eigenvalue weighted by atomic mass is 10.1. The van der Waals surface area contributed by atoms with Gasteiger partial charge in [-0.15, -0.1) is 11.3 Å². The minimum absolute atomic E-state index is 0.0641. The molecule has 5 nitrogen and oxygen atoms in total. The van der Waals surface area contributed by atoms with Crippen LogP contribution in [0.25, 0.3) is 0 Å². The van der Waals surface area contributed by atoms with E-state index < -0.39 is 0 Å². The van der Waals surface area contributed by atoms with Crippen molar-refractivity contribution in [3.05, 3.63) is 39.4 Å². The zero-order chi connectivity index (χ0) is 15.7. The van der Waals surface area contributed by atoms with Gasteiger partial charge in [0.25, 0.3) is 0 Å². The molecule has 1 aliphatic heterocycles. The molecular formula is C16H20N4OS. The molecular weight excluding hydrogens is 296 g/mol. The average molecular weight is 316 g/mol. The normalized spacial score (nSPS) is 18.0. The van der Waals surface area contributed by atoms with Gasteiger partial charge in [0, 0.05) is 17.6 Å². The number of nitrogens with zero attached hydrogens (tertiary/aromatic N) is 4. The first-order valence-electron chi connectivity index (χ1n) is 7.55. The van der Waals surface area contributed by atoms with Crippen LogP contribution in [0, 0.1) is 20.8 Å². The molecule has 0 N–H and O–H groups in total. The first-order valence-corrected chi connectivity index (χ1v) is 8.37. The third kappa shape index (κ3) is 3.02. The fourth-order valence-electron chi connectivity index (χ4n) is 2.99. The Hall–Kier alpha value is -1.82. The highest BCUT2D eigenvalue weighted by atomic mass is 32.1. The maximum atomic E-state index is 12.7. The van der Waals surface area contributed by atoms with Gasteiger partial charge in [0.05, 0.1) is 40.7 Å². The van der Waals surface area contributed by atoms with Gasteiger partial charge in [-0.3, -0.25) is 14.8 Å². The van der Waals surface area contributed by atoms with Crippen molar-refractivity contribution in [1.29, 1.82) is 0 Å². The van der Waals surface area contributed by atoms with E-state index in [2.05, 4.69) is 15.0 Å². The summed E-state index contributed by atoms with van der Waals surface area (Å²) < 4.78 is 0. The number of carbonyl (C=O) groups is 1. The van der Waals surface area contributed by atoms with E-state index in [0.29, 0.717) is 6.42 Å². The Morgan fingerprint density at radius 2 is 2.14 bits per heavy atom. The van der Waals surface area contributed by atoms with Crippen molar-refractivity contribution in [2.45, 2.75) is 46.1 Å². The maximum absolute atomic E-state index is 12.7. The Balaban J connectivity index is 1.78. The number of carbonyl (C=O) groups excluding carboxylic acids is 1. The highest BCUT2D eigenvalue weighted by Gasteiger charge is 2.31. The zero-order valence-corrected chi connectivity index (χ0v) is 14.0. The van der Waals surface area contributed by atoms with Crippen molar-refractivity contribution in [3.8, 4) is 0 Å². The van der Waals surface area contributed by atoms with Crippen LogP contribution >= 0.6 is 11.3 Å². The highest BCUT2D eigenvalue weighted by Crippen LogP contribution is 2.31. The van der Waals surface area contributed by atoms with E-state index in [-0.39, 0.29) is 11.9 Å². The number of likely N-dealkylation sites (tertiary alicyclic amines) is 1. The molecule has 0 unspecified atom stereocenters. The van der Waals surface area contributed by atoms with E-state index in [0.717, 1.165) is 46.4 Å². The molecule has 0 bridgehead atoms. The van der Waals surface area contributed by atoms with Crippen molar-refractivity contribution < 1.29 is 4.79 Å². The van der Waals surface area contributed by atoms with Gasteiger partial charge in [0.15, 0.2) is 0 Å². The molecule has 0 saturated carbocycles. The second-order valence-corrected chi connectivity index (χ2v) is 7.04. The number of amides is 1. The van der Waals surface area contributed by atoms with Crippen molar-refractivity contribution in [3.63, 3.8) is 0 Å². The van der Waals surface area contributed by atoms with E-state index in [1.807, 2.05) is 25.7 Å². The monoisotopic (exact) mass is 316 g/mol. The molecule has 2 aromatic heterocycles. The van der Waals surface area contributed by atoms with Crippen LogP contribution in [0.1, 0.15) is 45.9 Å². The molecule has 6 heteroatoms. The average Bonchev–Trinajstić information content (AvgIpc) is 3.06. The highest BCUT2D eigenvalue weighted by molar-refractivity contribution is 7.11. The Morgan fingerprint density at radius 3 is 2.82 bits per heavy atom. The second kappa shape index (κ2) is 6.12. The SMILES string of the molecule is Cc1cncc([C@@H]2CCCN2C(=O)Cc2sc(C)nc2C)n1. The van der Waals surface area contributed by atoms with Crippen molar-refractivity contribution in [2.75, 3.05) is 6.54 Å². The molecule has 0 aromatic carbocycles. The van der Waals surface area contributed by atoms with Crippen LogP contribution in [0.3, 0.4) is 0 Å². The number of thiazole rings is 1. The summed E-state index contributed by atoms with van der Waals surface area (Å²) >= 11 is 1.61. The summed E-state index contributed by atoms with van der Waals surface area (Å²) in [4.78, 5) is 28.9. The molecule has 116 valence electrons. The predicted octanol–water partition coefficient (Wildman–Crippen LogP) is 2.76. The molecule has 0 radical (unpaired) electrons. The lowest BCUT2D eigenvalue weighted by Gasteiger charge is -2.24. The van der Waals surface area contributed by atoms with Gasteiger partial charge in [-0.2, -0.15) is 0 Å². The van der Waals surface area contributed by atoms with Gasteiger partial charge >= 0.3 is 0 Å². The molecule has 22 heavy (non-hydrogen) atoms. The predicted molar refractivity (Wildman–Crippen MR) is 85.7 cm³/mol. The third-order valence-corrected chi connectivity index (χ3v) is 5.07. The van der Waals surface area contributed by atoms with Crippen LogP contribution in [-0.2, 0) is 11.2 Å². The number of aromatic nitrogens is 3. The molecule has 1 amide bonds. The quantitative estimate of drug-likeness (QED) is 0.873. The molecule has 3 heterocycles. The Kier molecular flexibility index (Phi) is 4.20. The Morgan fingerprint density at radius 1 is 1.32 bits per heavy atom. The number of aryl methyl sites for hydroxylation is 3. The van der Waals surface area contributed by atoms with Crippen molar-refractivity contribution in [2.24, 2.45) is 0 Å². The minimum atomic E-state index is 0.0641. The summed E-state index contributed by atoms with van der Waals surface area (Å²) in [5.74, 6) is 0.164. The van der Waals surface area contributed by atoms with E-state index >= 15 is 0 Å². The van der Waals surface area contributed by atoms with Crippen LogP contribution in [0.4, 0.5) is 0 Å². The van der Waals surface area contributed by atoms with E-state index in [4.69, 9.17) is 0 Å². The molecule has 0 spiro atoms.